The standard InChI is InChI=1S/C5H5BrO2SSe/c1-9(7,8)5-3-2-4(6)10-5/h2-3H,1H3. The molecule has 1 aromatic rings. The predicted octanol–water partition coefficient (Wildman–Crippen LogP) is 0.910. The summed E-state index contributed by atoms with van der Waals surface area (Å²) in [7, 11) is -2.93. The van der Waals surface area contributed by atoms with Gasteiger partial charge in [0.05, 0.1) is 0 Å². The summed E-state index contributed by atoms with van der Waals surface area (Å²) in [5.41, 5.74) is 0. The third-order valence-corrected chi connectivity index (χ3v) is 6.63. The van der Waals surface area contributed by atoms with Gasteiger partial charge in [-0.25, -0.2) is 0 Å². The molecule has 0 fully saturated rings. The van der Waals surface area contributed by atoms with Gasteiger partial charge in [0.25, 0.3) is 0 Å². The number of hydrogen-bond acceptors (Lipinski definition) is 2. The summed E-state index contributed by atoms with van der Waals surface area (Å²) in [6.45, 7) is 0. The van der Waals surface area contributed by atoms with Crippen molar-refractivity contribution in [3.8, 4) is 0 Å². The van der Waals surface area contributed by atoms with Gasteiger partial charge in [-0.3, -0.25) is 0 Å². The van der Waals surface area contributed by atoms with Gasteiger partial charge in [-0.2, -0.15) is 0 Å². The first-order valence-corrected chi connectivity index (χ1v) is 6.85. The van der Waals surface area contributed by atoms with E-state index >= 15 is 0 Å². The first-order chi connectivity index (χ1) is 4.50. The van der Waals surface area contributed by atoms with E-state index in [0.29, 0.717) is 3.77 Å². The summed E-state index contributed by atoms with van der Waals surface area (Å²) in [4.78, 5) is 0. The fraction of sp³-hybridized carbons (Fsp3) is 0.200. The summed E-state index contributed by atoms with van der Waals surface area (Å²) in [5.74, 6) is 0. The van der Waals surface area contributed by atoms with Gasteiger partial charge < -0.3 is 0 Å². The monoisotopic (exact) mass is 288 g/mol. The van der Waals surface area contributed by atoms with Gasteiger partial charge in [0.1, 0.15) is 0 Å². The molecule has 0 aromatic carbocycles. The Morgan fingerprint density at radius 1 is 1.50 bits per heavy atom. The van der Waals surface area contributed by atoms with Crippen LogP contribution in [-0.2, 0) is 9.84 Å². The van der Waals surface area contributed by atoms with Crippen LogP contribution in [0.15, 0.2) is 19.2 Å². The summed E-state index contributed by atoms with van der Waals surface area (Å²) >= 11 is 3.22. The Morgan fingerprint density at radius 3 is 2.30 bits per heavy atom. The summed E-state index contributed by atoms with van der Waals surface area (Å²) in [6.07, 6.45) is 1.24. The molecule has 0 spiro atoms. The second-order valence-electron chi connectivity index (χ2n) is 1.83. The molecule has 5 heteroatoms. The van der Waals surface area contributed by atoms with Crippen LogP contribution >= 0.6 is 15.9 Å². The van der Waals surface area contributed by atoms with Crippen LogP contribution < -0.4 is 0 Å². The van der Waals surface area contributed by atoms with Gasteiger partial charge in [-0.05, 0) is 0 Å². The molecule has 0 aliphatic rings. The molecule has 0 saturated heterocycles. The van der Waals surface area contributed by atoms with Crippen LogP contribution in [0.25, 0.3) is 0 Å². The Hall–Kier alpha value is 0.429. The second-order valence-corrected chi connectivity index (χ2v) is 8.71. The Morgan fingerprint density at radius 2 is 2.10 bits per heavy atom. The normalized spacial score (nSPS) is 11.8. The van der Waals surface area contributed by atoms with E-state index in [0.717, 1.165) is 3.35 Å². The molecule has 0 unspecified atom stereocenters. The van der Waals surface area contributed by atoms with E-state index in [4.69, 9.17) is 0 Å². The van der Waals surface area contributed by atoms with Crippen molar-refractivity contribution in [2.75, 3.05) is 6.26 Å². The van der Waals surface area contributed by atoms with Crippen LogP contribution in [-0.4, -0.2) is 29.2 Å². The number of rotatable bonds is 1. The van der Waals surface area contributed by atoms with Crippen molar-refractivity contribution in [1.82, 2.24) is 0 Å². The van der Waals surface area contributed by atoms with Crippen molar-refractivity contribution < 1.29 is 8.42 Å². The van der Waals surface area contributed by atoms with Gasteiger partial charge in [-0.1, -0.05) is 0 Å². The van der Waals surface area contributed by atoms with Gasteiger partial charge in [0, 0.05) is 0 Å². The topological polar surface area (TPSA) is 34.1 Å². The minimum atomic E-state index is -2.93. The van der Waals surface area contributed by atoms with E-state index in [-0.39, 0.29) is 14.5 Å². The zero-order chi connectivity index (χ0) is 7.78. The molecule has 1 heterocycles. The average Bonchev–Trinajstić information content (AvgIpc) is 2.11. The zero-order valence-electron chi connectivity index (χ0n) is 5.17. The maximum atomic E-state index is 10.9. The van der Waals surface area contributed by atoms with Crippen LogP contribution in [0.5, 0.6) is 0 Å². The predicted molar refractivity (Wildman–Crippen MR) is 44.2 cm³/mol. The first kappa shape index (κ1) is 8.53. The van der Waals surface area contributed by atoms with Crippen LogP contribution in [0.4, 0.5) is 0 Å². The Bertz CT molecular complexity index is 327. The molecule has 1 rings (SSSR count). The molecular formula is C5H5BrO2SSe. The molecule has 56 valence electrons. The molecule has 2 nitrogen and oxygen atoms in total. The molecule has 0 radical (unpaired) electrons. The van der Waals surface area contributed by atoms with E-state index in [1.165, 1.54) is 6.26 Å². The third-order valence-electron chi connectivity index (χ3n) is 0.914. The van der Waals surface area contributed by atoms with E-state index < -0.39 is 9.84 Å². The Balaban J connectivity index is 3.21. The maximum absolute atomic E-state index is 10.9. The van der Waals surface area contributed by atoms with Crippen LogP contribution in [0, 0.1) is 0 Å². The van der Waals surface area contributed by atoms with Crippen LogP contribution in [0.3, 0.4) is 0 Å². The SMILES string of the molecule is CS(=O)(=O)c1ccc(Br)[se]1. The number of hydrogen-bond donors (Lipinski definition) is 0. The van der Waals surface area contributed by atoms with Crippen LogP contribution in [0.2, 0.25) is 0 Å². The molecule has 0 bridgehead atoms. The van der Waals surface area contributed by atoms with Gasteiger partial charge >= 0.3 is 74.2 Å². The van der Waals surface area contributed by atoms with E-state index in [9.17, 15) is 8.42 Å². The summed E-state index contributed by atoms with van der Waals surface area (Å²) in [5, 5.41) is 0. The Labute approximate surface area is 74.0 Å². The summed E-state index contributed by atoms with van der Waals surface area (Å²) < 4.78 is 23.3. The molecular weight excluding hydrogens is 283 g/mol. The molecule has 0 N–H and O–H groups in total. The van der Waals surface area contributed by atoms with Crippen molar-refractivity contribution in [2.45, 2.75) is 3.77 Å². The fourth-order valence-corrected chi connectivity index (χ4v) is 4.95. The van der Waals surface area contributed by atoms with Crippen molar-refractivity contribution in [1.29, 1.82) is 0 Å². The van der Waals surface area contributed by atoms with Crippen molar-refractivity contribution in [2.24, 2.45) is 0 Å². The molecule has 0 saturated carbocycles. The van der Waals surface area contributed by atoms with Crippen molar-refractivity contribution >= 4 is 40.3 Å². The number of sulfone groups is 1. The summed E-state index contributed by atoms with van der Waals surface area (Å²) in [6, 6.07) is 3.44. The van der Waals surface area contributed by atoms with Crippen molar-refractivity contribution in [3.63, 3.8) is 0 Å². The molecule has 0 atom stereocenters. The number of halogens is 1. The fourth-order valence-electron chi connectivity index (χ4n) is 0.497. The zero-order valence-corrected chi connectivity index (χ0v) is 9.28. The van der Waals surface area contributed by atoms with E-state index in [2.05, 4.69) is 15.9 Å². The molecule has 0 amide bonds. The van der Waals surface area contributed by atoms with Gasteiger partial charge in [0.15, 0.2) is 0 Å². The second kappa shape index (κ2) is 2.81. The quantitative estimate of drug-likeness (QED) is 0.720. The van der Waals surface area contributed by atoms with E-state index in [1.54, 1.807) is 12.1 Å². The first-order valence-electron chi connectivity index (χ1n) is 2.45. The van der Waals surface area contributed by atoms with Gasteiger partial charge in [0.2, 0.25) is 0 Å². The van der Waals surface area contributed by atoms with E-state index in [1.807, 2.05) is 0 Å². The molecule has 1 aromatic heterocycles. The third kappa shape index (κ3) is 1.95. The molecule has 0 aliphatic carbocycles. The minimum absolute atomic E-state index is 0.0203. The Kier molecular flexibility index (Phi) is 2.40. The molecule has 10 heavy (non-hydrogen) atoms. The molecule has 0 aliphatic heterocycles. The van der Waals surface area contributed by atoms with Gasteiger partial charge in [-0.15, -0.1) is 0 Å². The van der Waals surface area contributed by atoms with Crippen LogP contribution in [0.1, 0.15) is 0 Å². The average molecular weight is 288 g/mol. The van der Waals surface area contributed by atoms with Crippen molar-refractivity contribution in [3.05, 3.63) is 15.5 Å².